The largest absolute Gasteiger partial charge is 0.479 e. The molecular formula is C18H20BrKNO3. The van der Waals surface area contributed by atoms with Crippen LogP contribution in [0.2, 0.25) is 0 Å². The van der Waals surface area contributed by atoms with E-state index in [-0.39, 0.29) is 57.3 Å². The number of benzene rings is 1. The number of nitrogens with zero attached hydrogens (tertiary/aromatic N) is 1. The van der Waals surface area contributed by atoms with Gasteiger partial charge in [0.25, 0.3) is 0 Å². The van der Waals surface area contributed by atoms with E-state index >= 15 is 0 Å². The minimum Gasteiger partial charge on any atom is -0.479 e. The van der Waals surface area contributed by atoms with E-state index in [1.165, 1.54) is 0 Å². The molecule has 0 aliphatic carbocycles. The molecule has 24 heavy (non-hydrogen) atoms. The summed E-state index contributed by atoms with van der Waals surface area (Å²) in [6.45, 7) is 3.96. The van der Waals surface area contributed by atoms with Crippen LogP contribution in [0.3, 0.4) is 0 Å². The fraction of sp³-hybridized carbons (Fsp3) is 0.333. The topological polar surface area (TPSA) is 59.4 Å². The third-order valence-electron chi connectivity index (χ3n) is 3.39. The van der Waals surface area contributed by atoms with Crippen molar-refractivity contribution in [2.45, 2.75) is 32.5 Å². The van der Waals surface area contributed by atoms with Gasteiger partial charge in [-0.15, -0.1) is 0 Å². The zero-order chi connectivity index (χ0) is 16.8. The molecule has 1 aromatic heterocycles. The van der Waals surface area contributed by atoms with Crippen molar-refractivity contribution >= 4 is 73.3 Å². The number of hydrogen-bond acceptors (Lipinski definition) is 3. The Morgan fingerprint density at radius 1 is 1.21 bits per heavy atom. The first kappa shape index (κ1) is 22.0. The van der Waals surface area contributed by atoms with Crippen molar-refractivity contribution in [3.63, 3.8) is 0 Å². The Hall–Kier alpha value is -0.0836. The summed E-state index contributed by atoms with van der Waals surface area (Å²) in [6.07, 6.45) is 0.757. The number of carbonyl (C=O) groups is 1. The molecule has 0 saturated carbocycles. The molecule has 0 spiro atoms. The predicted octanol–water partition coefficient (Wildman–Crippen LogP) is 4.07. The minimum absolute atomic E-state index is 0. The van der Waals surface area contributed by atoms with Gasteiger partial charge in [-0.25, -0.2) is 4.79 Å². The van der Waals surface area contributed by atoms with Gasteiger partial charge >= 0.3 is 5.97 Å². The molecule has 0 aliphatic heterocycles. The average Bonchev–Trinajstić information content (AvgIpc) is 2.53. The van der Waals surface area contributed by atoms with Gasteiger partial charge in [0.2, 0.25) is 0 Å². The van der Waals surface area contributed by atoms with E-state index in [9.17, 15) is 9.90 Å². The molecule has 0 aliphatic rings. The monoisotopic (exact) mass is 416 g/mol. The number of carboxylic acid groups (broad SMARTS) is 1. The first-order valence-corrected chi connectivity index (χ1v) is 8.31. The number of aliphatic carboxylic acids is 1. The number of rotatable bonds is 7. The van der Waals surface area contributed by atoms with E-state index < -0.39 is 18.2 Å². The van der Waals surface area contributed by atoms with E-state index in [0.29, 0.717) is 12.1 Å². The molecule has 0 amide bonds. The Balaban J connectivity index is 0.00000288. The summed E-state index contributed by atoms with van der Waals surface area (Å²) in [5.41, 5.74) is 1.58. The van der Waals surface area contributed by atoms with Crippen molar-refractivity contribution < 1.29 is 14.6 Å². The normalized spacial score (nSPS) is 13.2. The number of pyridine rings is 1. The van der Waals surface area contributed by atoms with Gasteiger partial charge < -0.3 is 9.84 Å². The number of ether oxygens (including phenoxy) is 1. The zero-order valence-electron chi connectivity index (χ0n) is 14.1. The molecular weight excluding hydrogens is 397 g/mol. The SMILES string of the molecule is CC(C)CC(OC(c1ccc(Br)cc1)c1ccccn1)C(=O)O.[K]. The molecule has 2 aromatic rings. The Bertz CT molecular complexity index is 634. The average molecular weight is 417 g/mol. The van der Waals surface area contributed by atoms with Gasteiger partial charge in [0.15, 0.2) is 6.10 Å². The predicted molar refractivity (Wildman–Crippen MR) is 97.9 cm³/mol. The molecule has 0 bridgehead atoms. The second-order valence-electron chi connectivity index (χ2n) is 5.78. The van der Waals surface area contributed by atoms with Crippen molar-refractivity contribution in [1.82, 2.24) is 4.98 Å². The molecule has 6 heteroatoms. The third kappa shape index (κ3) is 6.67. The van der Waals surface area contributed by atoms with Crippen LogP contribution in [0.25, 0.3) is 0 Å². The maximum atomic E-state index is 11.5. The summed E-state index contributed by atoms with van der Waals surface area (Å²) < 4.78 is 6.91. The van der Waals surface area contributed by atoms with Crippen molar-refractivity contribution in [1.29, 1.82) is 0 Å². The Morgan fingerprint density at radius 3 is 2.38 bits per heavy atom. The van der Waals surface area contributed by atoms with Crippen LogP contribution < -0.4 is 0 Å². The third-order valence-corrected chi connectivity index (χ3v) is 3.92. The molecule has 1 radical (unpaired) electrons. The molecule has 0 fully saturated rings. The molecule has 1 aromatic carbocycles. The van der Waals surface area contributed by atoms with Crippen LogP contribution in [0.1, 0.15) is 37.6 Å². The van der Waals surface area contributed by atoms with Crippen LogP contribution in [0.4, 0.5) is 0 Å². The Labute approximate surface area is 193 Å². The van der Waals surface area contributed by atoms with Crippen molar-refractivity contribution in [3.8, 4) is 0 Å². The van der Waals surface area contributed by atoms with Crippen LogP contribution in [0, 0.1) is 5.92 Å². The number of aromatic nitrogens is 1. The first-order valence-electron chi connectivity index (χ1n) is 7.52. The summed E-state index contributed by atoms with van der Waals surface area (Å²) in [5.74, 6) is -0.720. The van der Waals surface area contributed by atoms with Gasteiger partial charge in [-0.05, 0) is 42.2 Å². The molecule has 0 saturated heterocycles. The van der Waals surface area contributed by atoms with Gasteiger partial charge in [-0.3, -0.25) is 4.98 Å². The van der Waals surface area contributed by atoms with Gasteiger partial charge in [-0.1, -0.05) is 48.0 Å². The second-order valence-corrected chi connectivity index (χ2v) is 6.69. The van der Waals surface area contributed by atoms with E-state index in [4.69, 9.17) is 4.74 Å². The van der Waals surface area contributed by atoms with E-state index in [1.807, 2.05) is 56.3 Å². The number of hydrogen-bond donors (Lipinski definition) is 1. The second kappa shape index (κ2) is 10.8. The van der Waals surface area contributed by atoms with Crippen molar-refractivity contribution in [2.75, 3.05) is 0 Å². The van der Waals surface area contributed by atoms with Gasteiger partial charge in [0.05, 0.1) is 5.69 Å². The van der Waals surface area contributed by atoms with Gasteiger partial charge in [0, 0.05) is 62.1 Å². The molecule has 2 unspecified atom stereocenters. The molecule has 4 nitrogen and oxygen atoms in total. The van der Waals surface area contributed by atoms with E-state index in [2.05, 4.69) is 20.9 Å². The summed E-state index contributed by atoms with van der Waals surface area (Å²) in [7, 11) is 0. The van der Waals surface area contributed by atoms with Crippen LogP contribution >= 0.6 is 15.9 Å². The summed E-state index contributed by atoms with van der Waals surface area (Å²) >= 11 is 3.41. The summed E-state index contributed by atoms with van der Waals surface area (Å²) in [4.78, 5) is 15.9. The fourth-order valence-electron chi connectivity index (χ4n) is 2.29. The molecule has 1 heterocycles. The van der Waals surface area contributed by atoms with Crippen LogP contribution in [0.5, 0.6) is 0 Å². The molecule has 1 N–H and O–H groups in total. The van der Waals surface area contributed by atoms with Gasteiger partial charge in [-0.2, -0.15) is 0 Å². The first-order chi connectivity index (χ1) is 11.0. The summed E-state index contributed by atoms with van der Waals surface area (Å²) in [6, 6.07) is 13.2. The number of halogens is 1. The van der Waals surface area contributed by atoms with E-state index in [0.717, 1.165) is 10.0 Å². The Kier molecular flexibility index (Phi) is 9.89. The maximum absolute atomic E-state index is 11.5. The molecule has 2 atom stereocenters. The molecule has 2 rings (SSSR count). The number of carboxylic acids is 1. The van der Waals surface area contributed by atoms with Crippen LogP contribution in [0.15, 0.2) is 53.1 Å². The van der Waals surface area contributed by atoms with Crippen molar-refractivity contribution in [2.24, 2.45) is 5.92 Å². The van der Waals surface area contributed by atoms with E-state index in [1.54, 1.807) is 6.20 Å². The quantitative estimate of drug-likeness (QED) is 0.690. The molecule has 123 valence electrons. The summed E-state index contributed by atoms with van der Waals surface area (Å²) in [5, 5.41) is 9.46. The minimum atomic E-state index is -0.947. The Morgan fingerprint density at radius 2 is 1.88 bits per heavy atom. The standard InChI is InChI=1S/C18H20BrNO3.K/c1-12(2)11-16(18(21)22)23-17(15-5-3-4-10-20-15)13-6-8-14(19)9-7-13;/h3-10,12,16-17H,11H2,1-2H3,(H,21,22);. The smallest absolute Gasteiger partial charge is 0.332 e. The van der Waals surface area contributed by atoms with Gasteiger partial charge in [0.1, 0.15) is 6.10 Å². The van der Waals surface area contributed by atoms with Crippen LogP contribution in [-0.4, -0.2) is 73.5 Å². The zero-order valence-corrected chi connectivity index (χ0v) is 18.9. The fourth-order valence-corrected chi connectivity index (χ4v) is 2.56. The maximum Gasteiger partial charge on any atom is 0.332 e. The van der Waals surface area contributed by atoms with Crippen molar-refractivity contribution in [3.05, 3.63) is 64.4 Å². The van der Waals surface area contributed by atoms with Crippen LogP contribution in [-0.2, 0) is 9.53 Å².